The summed E-state index contributed by atoms with van der Waals surface area (Å²) >= 11 is 0. The molecule has 3 heterocycles. The third-order valence-corrected chi connectivity index (χ3v) is 7.09. The number of benzene rings is 2. The second-order valence-corrected chi connectivity index (χ2v) is 9.36. The first kappa shape index (κ1) is 20.2. The Labute approximate surface area is 184 Å². The quantitative estimate of drug-likeness (QED) is 0.603. The van der Waals surface area contributed by atoms with Crippen LogP contribution in [0, 0.1) is 5.41 Å². The van der Waals surface area contributed by atoms with Crippen LogP contribution in [-0.2, 0) is 6.42 Å². The summed E-state index contributed by atoms with van der Waals surface area (Å²) in [6.07, 6.45) is 7.68. The van der Waals surface area contributed by atoms with Gasteiger partial charge in [-0.3, -0.25) is 9.78 Å². The molecule has 0 bridgehead atoms. The maximum Gasteiger partial charge on any atom is 0.255 e. The Morgan fingerprint density at radius 3 is 2.71 bits per heavy atom. The summed E-state index contributed by atoms with van der Waals surface area (Å²) in [6, 6.07) is 20.8. The topological polar surface area (TPSA) is 36.4 Å². The molecule has 1 aromatic heterocycles. The summed E-state index contributed by atoms with van der Waals surface area (Å²) in [5.41, 5.74) is 3.35. The first-order chi connectivity index (χ1) is 15.2. The Bertz CT molecular complexity index is 1050. The van der Waals surface area contributed by atoms with E-state index in [0.717, 1.165) is 49.9 Å². The van der Waals surface area contributed by atoms with Gasteiger partial charge in [0.15, 0.2) is 0 Å². The molecule has 4 heteroatoms. The second kappa shape index (κ2) is 8.80. The lowest BCUT2D eigenvalue weighted by Gasteiger charge is -2.40. The normalized spacial score (nSPS) is 21.7. The lowest BCUT2D eigenvalue weighted by atomic mass is 9.79. The Morgan fingerprint density at radius 2 is 1.81 bits per heavy atom. The van der Waals surface area contributed by atoms with Crippen molar-refractivity contribution in [3.8, 4) is 0 Å². The number of pyridine rings is 1. The van der Waals surface area contributed by atoms with Gasteiger partial charge in [0.25, 0.3) is 5.91 Å². The molecule has 2 saturated heterocycles. The molecule has 0 unspecified atom stereocenters. The first-order valence-electron chi connectivity index (χ1n) is 11.6. The van der Waals surface area contributed by atoms with Crippen molar-refractivity contribution in [2.45, 2.75) is 32.1 Å². The van der Waals surface area contributed by atoms with Gasteiger partial charge in [0.05, 0.1) is 11.1 Å². The number of carbonyl (C=O) groups is 1. The summed E-state index contributed by atoms with van der Waals surface area (Å²) in [5.74, 6) is 0.135. The fourth-order valence-corrected chi connectivity index (χ4v) is 5.46. The van der Waals surface area contributed by atoms with Gasteiger partial charge in [0.2, 0.25) is 0 Å². The van der Waals surface area contributed by atoms with Crippen LogP contribution in [0.25, 0.3) is 10.9 Å². The SMILES string of the molecule is O=C(c1cnc2ccccc2c1)N1CC[C@@]2(CCCN(CCCc3ccccc3)C2)C1. The minimum Gasteiger partial charge on any atom is -0.338 e. The molecule has 2 fully saturated rings. The fraction of sp³-hybridized carbons (Fsp3) is 0.407. The highest BCUT2D eigenvalue weighted by molar-refractivity contribution is 5.97. The first-order valence-corrected chi connectivity index (χ1v) is 11.6. The van der Waals surface area contributed by atoms with Crippen LogP contribution in [0.2, 0.25) is 0 Å². The van der Waals surface area contributed by atoms with Crippen molar-refractivity contribution in [3.05, 3.63) is 78.0 Å². The number of aromatic nitrogens is 1. The van der Waals surface area contributed by atoms with E-state index in [9.17, 15) is 4.79 Å². The summed E-state index contributed by atoms with van der Waals surface area (Å²) in [6.45, 7) is 5.22. The summed E-state index contributed by atoms with van der Waals surface area (Å²) in [4.78, 5) is 22.4. The number of aryl methyl sites for hydroxylation is 1. The van der Waals surface area contributed by atoms with E-state index in [1.807, 2.05) is 30.3 Å². The molecule has 4 nitrogen and oxygen atoms in total. The molecular weight excluding hydrogens is 382 g/mol. The number of likely N-dealkylation sites (tertiary alicyclic amines) is 2. The molecule has 1 atom stereocenters. The van der Waals surface area contributed by atoms with Gasteiger partial charge in [-0.25, -0.2) is 0 Å². The highest BCUT2D eigenvalue weighted by atomic mass is 16.2. The zero-order valence-electron chi connectivity index (χ0n) is 18.2. The Hall–Kier alpha value is -2.72. The number of rotatable bonds is 5. The molecule has 160 valence electrons. The van der Waals surface area contributed by atoms with E-state index in [-0.39, 0.29) is 11.3 Å². The number of nitrogens with zero attached hydrogens (tertiary/aromatic N) is 3. The Morgan fingerprint density at radius 1 is 0.968 bits per heavy atom. The molecule has 0 radical (unpaired) electrons. The van der Waals surface area contributed by atoms with Crippen molar-refractivity contribution in [1.82, 2.24) is 14.8 Å². The highest BCUT2D eigenvalue weighted by Gasteiger charge is 2.42. The van der Waals surface area contributed by atoms with Crippen LogP contribution in [0.15, 0.2) is 66.9 Å². The number of amides is 1. The monoisotopic (exact) mass is 413 g/mol. The molecule has 0 saturated carbocycles. The van der Waals surface area contributed by atoms with E-state index in [0.29, 0.717) is 5.56 Å². The zero-order valence-corrected chi connectivity index (χ0v) is 18.2. The van der Waals surface area contributed by atoms with Gasteiger partial charge >= 0.3 is 0 Å². The smallest absolute Gasteiger partial charge is 0.255 e. The average molecular weight is 414 g/mol. The molecule has 2 aliphatic heterocycles. The second-order valence-electron chi connectivity index (χ2n) is 9.36. The molecule has 2 aliphatic rings. The fourth-order valence-electron chi connectivity index (χ4n) is 5.46. The number of carbonyl (C=O) groups excluding carboxylic acids is 1. The zero-order chi connectivity index (χ0) is 21.1. The molecule has 0 aliphatic carbocycles. The number of hydrogen-bond donors (Lipinski definition) is 0. The van der Waals surface area contributed by atoms with E-state index in [1.165, 1.54) is 31.4 Å². The van der Waals surface area contributed by atoms with Crippen molar-refractivity contribution >= 4 is 16.8 Å². The van der Waals surface area contributed by atoms with E-state index in [4.69, 9.17) is 0 Å². The molecule has 2 aromatic carbocycles. The number of hydrogen-bond acceptors (Lipinski definition) is 3. The van der Waals surface area contributed by atoms with Crippen LogP contribution in [0.5, 0.6) is 0 Å². The van der Waals surface area contributed by atoms with Gasteiger partial charge in [-0.15, -0.1) is 0 Å². The van der Waals surface area contributed by atoms with Crippen LogP contribution in [-0.4, -0.2) is 53.4 Å². The van der Waals surface area contributed by atoms with Gasteiger partial charge in [-0.1, -0.05) is 48.5 Å². The van der Waals surface area contributed by atoms with E-state index < -0.39 is 0 Å². The van der Waals surface area contributed by atoms with Crippen molar-refractivity contribution in [1.29, 1.82) is 0 Å². The molecule has 3 aromatic rings. The van der Waals surface area contributed by atoms with Crippen LogP contribution in [0.3, 0.4) is 0 Å². The predicted molar refractivity (Wildman–Crippen MR) is 125 cm³/mol. The van der Waals surface area contributed by atoms with E-state index in [2.05, 4.69) is 45.1 Å². The molecular formula is C27H31N3O. The molecule has 31 heavy (non-hydrogen) atoms. The third kappa shape index (κ3) is 4.49. The molecule has 5 rings (SSSR count). The van der Waals surface area contributed by atoms with Crippen LogP contribution >= 0.6 is 0 Å². The van der Waals surface area contributed by atoms with Crippen LogP contribution in [0.1, 0.15) is 41.6 Å². The predicted octanol–water partition coefficient (Wildman–Crippen LogP) is 4.80. The maximum absolute atomic E-state index is 13.2. The minimum absolute atomic E-state index is 0.135. The maximum atomic E-state index is 13.2. The Balaban J connectivity index is 1.19. The number of para-hydroxylation sites is 1. The third-order valence-electron chi connectivity index (χ3n) is 7.09. The minimum atomic E-state index is 0.135. The standard InChI is InChI=1S/C27H31N3O/c31-26(24-18-23-11-4-5-12-25(23)28-19-24)30-17-14-27(21-30)13-7-16-29(20-27)15-6-10-22-8-2-1-3-9-22/h1-5,8-9,11-12,18-19H,6-7,10,13-17,20-21H2/t27-/m1/s1. The summed E-state index contributed by atoms with van der Waals surface area (Å²) < 4.78 is 0. The van der Waals surface area contributed by atoms with Crippen molar-refractivity contribution < 1.29 is 4.79 Å². The summed E-state index contributed by atoms with van der Waals surface area (Å²) in [5, 5.41) is 1.03. The lowest BCUT2D eigenvalue weighted by molar-refractivity contribution is 0.0688. The summed E-state index contributed by atoms with van der Waals surface area (Å²) in [7, 11) is 0. The van der Waals surface area contributed by atoms with E-state index >= 15 is 0 Å². The molecule has 1 amide bonds. The average Bonchev–Trinajstić information content (AvgIpc) is 3.22. The number of fused-ring (bicyclic) bond motifs is 1. The van der Waals surface area contributed by atoms with E-state index in [1.54, 1.807) is 6.20 Å². The van der Waals surface area contributed by atoms with Gasteiger partial charge in [-0.2, -0.15) is 0 Å². The van der Waals surface area contributed by atoms with Crippen LogP contribution in [0.4, 0.5) is 0 Å². The van der Waals surface area contributed by atoms with Crippen molar-refractivity contribution in [3.63, 3.8) is 0 Å². The van der Waals surface area contributed by atoms with Gasteiger partial charge in [0, 0.05) is 36.6 Å². The lowest BCUT2D eigenvalue weighted by Crippen LogP contribution is -2.45. The highest BCUT2D eigenvalue weighted by Crippen LogP contribution is 2.39. The largest absolute Gasteiger partial charge is 0.338 e. The molecule has 0 N–H and O–H groups in total. The van der Waals surface area contributed by atoms with Crippen LogP contribution < -0.4 is 0 Å². The van der Waals surface area contributed by atoms with Gasteiger partial charge in [-0.05, 0) is 62.9 Å². The number of piperidine rings is 1. The van der Waals surface area contributed by atoms with Crippen molar-refractivity contribution in [2.75, 3.05) is 32.7 Å². The van der Waals surface area contributed by atoms with Crippen molar-refractivity contribution in [2.24, 2.45) is 5.41 Å². The van der Waals surface area contributed by atoms with Gasteiger partial charge in [0.1, 0.15) is 0 Å². The molecule has 1 spiro atoms. The Kier molecular flexibility index (Phi) is 5.73. The van der Waals surface area contributed by atoms with Gasteiger partial charge < -0.3 is 9.80 Å².